The summed E-state index contributed by atoms with van der Waals surface area (Å²) in [7, 11) is 0. The molecule has 2 unspecified atom stereocenters. The van der Waals surface area contributed by atoms with Crippen molar-refractivity contribution < 1.29 is 27.9 Å². The molecule has 2 amide bonds. The third kappa shape index (κ3) is 3.66. The second-order valence-corrected chi connectivity index (χ2v) is 7.41. The number of aromatic nitrogens is 1. The number of hydrogen-bond acceptors (Lipinski definition) is 6. The maximum Gasteiger partial charge on any atom is 0.276 e. The minimum absolute atomic E-state index is 0.0403. The van der Waals surface area contributed by atoms with Crippen molar-refractivity contribution in [1.29, 1.82) is 0 Å². The van der Waals surface area contributed by atoms with Gasteiger partial charge in [0.1, 0.15) is 17.2 Å². The van der Waals surface area contributed by atoms with E-state index in [4.69, 9.17) is 15.5 Å². The number of ether oxygens (including phenoxy) is 1. The van der Waals surface area contributed by atoms with Gasteiger partial charge in [-0.1, -0.05) is 6.07 Å². The standard InChI is InChI=1S/C20H20F2N4O5/c1-10-4-5-30-15-9-25-8-13(17(27)18(31-23)16(25)20(29)26(10)15)19(28)24-7-11-2-3-12(21)6-14(11)22/h2-3,6,8,10,15H,4-5,7,9,23H2,1H3,(H,24,28). The van der Waals surface area contributed by atoms with Gasteiger partial charge in [-0.15, -0.1) is 0 Å². The number of benzene rings is 1. The highest BCUT2D eigenvalue weighted by molar-refractivity contribution is 5.99. The van der Waals surface area contributed by atoms with Crippen molar-refractivity contribution in [2.45, 2.75) is 38.7 Å². The molecule has 3 heterocycles. The van der Waals surface area contributed by atoms with Gasteiger partial charge in [0, 0.05) is 30.4 Å². The topological polar surface area (TPSA) is 116 Å². The molecule has 2 aliphatic rings. The highest BCUT2D eigenvalue weighted by atomic mass is 19.1. The largest absolute Gasteiger partial charge is 0.405 e. The number of halogens is 2. The zero-order valence-electron chi connectivity index (χ0n) is 16.6. The minimum atomic E-state index is -0.872. The van der Waals surface area contributed by atoms with Crippen LogP contribution in [0.2, 0.25) is 0 Å². The third-order valence-corrected chi connectivity index (χ3v) is 5.48. The molecule has 1 aromatic heterocycles. The Labute approximate surface area is 175 Å². The van der Waals surface area contributed by atoms with E-state index in [0.717, 1.165) is 6.07 Å². The Balaban J connectivity index is 1.66. The summed E-state index contributed by atoms with van der Waals surface area (Å²) in [5.74, 6) is 1.93. The van der Waals surface area contributed by atoms with E-state index in [1.807, 2.05) is 6.92 Å². The lowest BCUT2D eigenvalue weighted by Crippen LogP contribution is -2.57. The SMILES string of the molecule is CC1CCOC2Cn3cc(C(=O)NCc4ccc(F)cc4F)c(=O)c(ON)c3C(=O)N12. The van der Waals surface area contributed by atoms with Gasteiger partial charge in [-0.25, -0.2) is 8.78 Å². The lowest BCUT2D eigenvalue weighted by molar-refractivity contribution is -0.112. The van der Waals surface area contributed by atoms with Crippen molar-refractivity contribution in [2.24, 2.45) is 5.90 Å². The fourth-order valence-corrected chi connectivity index (χ4v) is 3.85. The maximum absolute atomic E-state index is 13.8. The number of pyridine rings is 1. The van der Waals surface area contributed by atoms with Gasteiger partial charge >= 0.3 is 0 Å². The molecule has 0 aliphatic carbocycles. The number of carbonyl (C=O) groups excluding carboxylic acids is 2. The summed E-state index contributed by atoms with van der Waals surface area (Å²) in [6.07, 6.45) is 1.32. The summed E-state index contributed by atoms with van der Waals surface area (Å²) in [4.78, 5) is 44.7. The van der Waals surface area contributed by atoms with E-state index in [1.54, 1.807) is 0 Å². The fourth-order valence-electron chi connectivity index (χ4n) is 3.85. The molecule has 2 aromatic rings. The molecule has 0 saturated carbocycles. The number of rotatable bonds is 4. The number of nitrogens with one attached hydrogen (secondary N) is 1. The first-order chi connectivity index (χ1) is 14.8. The van der Waals surface area contributed by atoms with Gasteiger partial charge in [-0.3, -0.25) is 14.4 Å². The maximum atomic E-state index is 13.8. The Morgan fingerprint density at radius 1 is 1.35 bits per heavy atom. The van der Waals surface area contributed by atoms with E-state index < -0.39 is 40.9 Å². The van der Waals surface area contributed by atoms with E-state index in [-0.39, 0.29) is 36.0 Å². The number of hydrogen-bond donors (Lipinski definition) is 2. The lowest BCUT2D eigenvalue weighted by atomic mass is 10.1. The van der Waals surface area contributed by atoms with Crippen LogP contribution in [0.5, 0.6) is 5.75 Å². The first-order valence-electron chi connectivity index (χ1n) is 9.62. The Kier molecular flexibility index (Phi) is 5.46. The highest BCUT2D eigenvalue weighted by Gasteiger charge is 2.41. The van der Waals surface area contributed by atoms with Crippen molar-refractivity contribution in [3.8, 4) is 5.75 Å². The summed E-state index contributed by atoms with van der Waals surface area (Å²) in [6, 6.07) is 2.84. The average molecular weight is 434 g/mol. The predicted molar refractivity (Wildman–Crippen MR) is 103 cm³/mol. The molecule has 2 aliphatic heterocycles. The smallest absolute Gasteiger partial charge is 0.276 e. The van der Waals surface area contributed by atoms with Crippen LogP contribution in [0.1, 0.15) is 39.8 Å². The number of nitrogens with two attached hydrogens (primary N) is 1. The molecule has 0 spiro atoms. The molecule has 164 valence electrons. The first kappa shape index (κ1) is 20.9. The third-order valence-electron chi connectivity index (χ3n) is 5.48. The van der Waals surface area contributed by atoms with Crippen molar-refractivity contribution in [3.63, 3.8) is 0 Å². The summed E-state index contributed by atoms with van der Waals surface area (Å²) in [5.41, 5.74) is -1.24. The van der Waals surface area contributed by atoms with E-state index in [0.29, 0.717) is 19.1 Å². The van der Waals surface area contributed by atoms with Gasteiger partial charge in [0.25, 0.3) is 11.8 Å². The van der Waals surface area contributed by atoms with Gasteiger partial charge < -0.3 is 24.4 Å². The van der Waals surface area contributed by atoms with Gasteiger partial charge in [0.05, 0.1) is 13.2 Å². The molecule has 1 saturated heterocycles. The average Bonchev–Trinajstić information content (AvgIpc) is 2.73. The van der Waals surface area contributed by atoms with Crippen LogP contribution in [0, 0.1) is 11.6 Å². The molecule has 11 heteroatoms. The molecule has 2 atom stereocenters. The van der Waals surface area contributed by atoms with Crippen LogP contribution in [-0.4, -0.2) is 40.2 Å². The Morgan fingerprint density at radius 3 is 2.84 bits per heavy atom. The lowest BCUT2D eigenvalue weighted by Gasteiger charge is -2.44. The molecular formula is C20H20F2N4O5. The van der Waals surface area contributed by atoms with Crippen LogP contribution < -0.4 is 21.5 Å². The highest BCUT2D eigenvalue weighted by Crippen LogP contribution is 2.29. The van der Waals surface area contributed by atoms with E-state index in [2.05, 4.69) is 5.32 Å². The van der Waals surface area contributed by atoms with Gasteiger partial charge in [0.2, 0.25) is 11.2 Å². The summed E-state index contributed by atoms with van der Waals surface area (Å²) in [6.45, 7) is 2.25. The summed E-state index contributed by atoms with van der Waals surface area (Å²) in [5, 5.41) is 2.41. The predicted octanol–water partition coefficient (Wildman–Crippen LogP) is 0.900. The molecule has 0 bridgehead atoms. The van der Waals surface area contributed by atoms with Gasteiger partial charge in [0.15, 0.2) is 11.9 Å². The monoisotopic (exact) mass is 434 g/mol. The molecule has 1 fully saturated rings. The van der Waals surface area contributed by atoms with E-state index in [1.165, 1.54) is 21.7 Å². The van der Waals surface area contributed by atoms with Crippen LogP contribution in [0.15, 0.2) is 29.2 Å². The molecule has 4 rings (SSSR count). The van der Waals surface area contributed by atoms with Gasteiger partial charge in [-0.2, -0.15) is 5.90 Å². The van der Waals surface area contributed by atoms with Crippen LogP contribution in [0.25, 0.3) is 0 Å². The quantitative estimate of drug-likeness (QED) is 0.691. The normalized spacial score (nSPS) is 20.1. The van der Waals surface area contributed by atoms with E-state index in [9.17, 15) is 23.2 Å². The number of amides is 2. The van der Waals surface area contributed by atoms with Crippen molar-refractivity contribution in [1.82, 2.24) is 14.8 Å². The molecule has 31 heavy (non-hydrogen) atoms. The molecular weight excluding hydrogens is 414 g/mol. The Hall–Kier alpha value is -3.31. The Morgan fingerprint density at radius 2 is 2.13 bits per heavy atom. The van der Waals surface area contributed by atoms with Crippen LogP contribution in [0.3, 0.4) is 0 Å². The number of nitrogens with zero attached hydrogens (tertiary/aromatic N) is 2. The number of carbonyl (C=O) groups is 2. The van der Waals surface area contributed by atoms with Crippen LogP contribution in [-0.2, 0) is 17.8 Å². The fraction of sp³-hybridized carbons (Fsp3) is 0.350. The second kappa shape index (κ2) is 8.08. The second-order valence-electron chi connectivity index (χ2n) is 7.41. The summed E-state index contributed by atoms with van der Waals surface area (Å²) < 4.78 is 33.9. The first-order valence-corrected chi connectivity index (χ1v) is 9.62. The molecule has 9 nitrogen and oxygen atoms in total. The van der Waals surface area contributed by atoms with Crippen molar-refractivity contribution >= 4 is 11.8 Å². The van der Waals surface area contributed by atoms with Gasteiger partial charge in [-0.05, 0) is 19.4 Å². The zero-order valence-corrected chi connectivity index (χ0v) is 16.6. The Bertz CT molecular complexity index is 1120. The van der Waals surface area contributed by atoms with Crippen molar-refractivity contribution in [2.75, 3.05) is 6.61 Å². The minimum Gasteiger partial charge on any atom is -0.405 e. The summed E-state index contributed by atoms with van der Waals surface area (Å²) >= 11 is 0. The molecule has 0 radical (unpaired) electrons. The van der Waals surface area contributed by atoms with Crippen LogP contribution >= 0.6 is 0 Å². The van der Waals surface area contributed by atoms with E-state index >= 15 is 0 Å². The zero-order chi connectivity index (χ0) is 22.3. The molecule has 3 N–H and O–H groups in total. The number of fused-ring (bicyclic) bond motifs is 2. The molecule has 1 aromatic carbocycles. The van der Waals surface area contributed by atoms with Crippen molar-refractivity contribution in [3.05, 3.63) is 63.1 Å². The van der Waals surface area contributed by atoms with Crippen LogP contribution in [0.4, 0.5) is 8.78 Å².